The highest BCUT2D eigenvalue weighted by Crippen LogP contribution is 2.23. The van der Waals surface area contributed by atoms with Crippen molar-refractivity contribution in [2.24, 2.45) is 0 Å². The second-order valence-corrected chi connectivity index (χ2v) is 9.95. The minimum Gasteiger partial charge on any atom is -0.494 e. The summed E-state index contributed by atoms with van der Waals surface area (Å²) in [5.41, 5.74) is 1.22. The van der Waals surface area contributed by atoms with Gasteiger partial charge in [-0.2, -0.15) is 9.29 Å². The molecule has 10 heteroatoms. The van der Waals surface area contributed by atoms with Crippen molar-refractivity contribution in [2.45, 2.75) is 43.9 Å². The van der Waals surface area contributed by atoms with Gasteiger partial charge in [-0.1, -0.05) is 17.6 Å². The van der Waals surface area contributed by atoms with E-state index < -0.39 is 10.0 Å². The number of nitrogens with zero attached hydrogens (tertiary/aromatic N) is 3. The normalized spacial score (nSPS) is 14.6. The lowest BCUT2D eigenvalue weighted by molar-refractivity contribution is -0.116. The molecule has 1 N–H and O–H groups in total. The first kappa shape index (κ1) is 23.9. The van der Waals surface area contributed by atoms with Crippen LogP contribution in [-0.2, 0) is 21.2 Å². The van der Waals surface area contributed by atoms with E-state index in [1.165, 1.54) is 10.4 Å². The van der Waals surface area contributed by atoms with Gasteiger partial charge in [-0.25, -0.2) is 8.42 Å². The van der Waals surface area contributed by atoms with Crippen LogP contribution in [0.15, 0.2) is 57.9 Å². The number of carbonyl (C=O) groups is 1. The smallest absolute Gasteiger partial charge is 0.243 e. The lowest BCUT2D eigenvalue weighted by Crippen LogP contribution is -2.35. The van der Waals surface area contributed by atoms with Gasteiger partial charge in [-0.15, -0.1) is 0 Å². The fourth-order valence-corrected chi connectivity index (χ4v) is 5.34. The second kappa shape index (κ2) is 10.8. The third kappa shape index (κ3) is 5.81. The average Bonchev–Trinajstić information content (AvgIpc) is 3.33. The van der Waals surface area contributed by atoms with Gasteiger partial charge in [0.15, 0.2) is 0 Å². The maximum absolute atomic E-state index is 12.9. The first-order valence-corrected chi connectivity index (χ1v) is 12.9. The number of aromatic nitrogens is 2. The van der Waals surface area contributed by atoms with E-state index in [2.05, 4.69) is 15.5 Å². The molecule has 0 spiro atoms. The molecule has 0 radical (unpaired) electrons. The van der Waals surface area contributed by atoms with Gasteiger partial charge in [-0.3, -0.25) is 4.79 Å². The Labute approximate surface area is 199 Å². The zero-order chi connectivity index (χ0) is 24.0. The number of hydrogen-bond acceptors (Lipinski definition) is 7. The third-order valence-corrected chi connectivity index (χ3v) is 7.42. The molecule has 1 aliphatic rings. The lowest BCUT2D eigenvalue weighted by atomic mass is 10.2. The molecule has 0 aliphatic carbocycles. The summed E-state index contributed by atoms with van der Waals surface area (Å²) < 4.78 is 38.0. The molecule has 1 aliphatic heterocycles. The highest BCUT2D eigenvalue weighted by atomic mass is 32.2. The molecule has 0 saturated carbocycles. The Balaban J connectivity index is 1.33. The Bertz CT molecular complexity index is 1220. The van der Waals surface area contributed by atoms with Gasteiger partial charge in [-0.05, 0) is 62.2 Å². The summed E-state index contributed by atoms with van der Waals surface area (Å²) >= 11 is 0. The number of carbonyl (C=O) groups excluding carboxylic acids is 1. The number of nitrogens with one attached hydrogen (secondary N) is 1. The van der Waals surface area contributed by atoms with Crippen LogP contribution in [0.3, 0.4) is 0 Å². The molecule has 0 unspecified atom stereocenters. The minimum absolute atomic E-state index is 0.119. The molecule has 180 valence electrons. The summed E-state index contributed by atoms with van der Waals surface area (Å²) in [5.74, 6) is 1.28. The van der Waals surface area contributed by atoms with Crippen LogP contribution < -0.4 is 10.1 Å². The molecule has 34 heavy (non-hydrogen) atoms. The van der Waals surface area contributed by atoms with E-state index in [0.29, 0.717) is 37.1 Å². The summed E-state index contributed by atoms with van der Waals surface area (Å²) in [4.78, 5) is 17.0. The number of hydrogen-bond donors (Lipinski definition) is 1. The first-order chi connectivity index (χ1) is 16.5. The quantitative estimate of drug-likeness (QED) is 0.490. The predicted molar refractivity (Wildman–Crippen MR) is 127 cm³/mol. The lowest BCUT2D eigenvalue weighted by Gasteiger charge is -2.26. The fourth-order valence-electron chi connectivity index (χ4n) is 3.77. The molecular weight excluding hydrogens is 456 g/mol. The molecule has 1 saturated heterocycles. The topological polar surface area (TPSA) is 115 Å². The van der Waals surface area contributed by atoms with Gasteiger partial charge >= 0.3 is 0 Å². The monoisotopic (exact) mass is 484 g/mol. The van der Waals surface area contributed by atoms with Crippen LogP contribution in [0.25, 0.3) is 11.4 Å². The number of aryl methyl sites for hydroxylation is 1. The molecule has 2 aromatic carbocycles. The average molecular weight is 485 g/mol. The van der Waals surface area contributed by atoms with Crippen LogP contribution >= 0.6 is 0 Å². The number of amides is 1. The van der Waals surface area contributed by atoms with E-state index in [1.807, 2.05) is 31.2 Å². The molecule has 1 aromatic heterocycles. The molecule has 1 fully saturated rings. The van der Waals surface area contributed by atoms with E-state index in [9.17, 15) is 13.2 Å². The van der Waals surface area contributed by atoms with Crippen LogP contribution in [0.4, 0.5) is 5.69 Å². The van der Waals surface area contributed by atoms with E-state index in [1.54, 1.807) is 18.2 Å². The van der Waals surface area contributed by atoms with Gasteiger partial charge in [0.05, 0.1) is 11.5 Å². The molecule has 1 amide bonds. The Morgan fingerprint density at radius 2 is 1.88 bits per heavy atom. The van der Waals surface area contributed by atoms with Gasteiger partial charge < -0.3 is 14.6 Å². The van der Waals surface area contributed by atoms with Crippen molar-refractivity contribution in [3.05, 3.63) is 54.4 Å². The SMILES string of the molecule is CCOc1ccc(-c2noc(CCC(=O)Nc3cccc(S(=O)(=O)N4CCCCC4)c3)n2)cc1. The summed E-state index contributed by atoms with van der Waals surface area (Å²) in [6.45, 7) is 3.57. The highest BCUT2D eigenvalue weighted by molar-refractivity contribution is 7.89. The van der Waals surface area contributed by atoms with Gasteiger partial charge in [0.25, 0.3) is 0 Å². The molecule has 0 bridgehead atoms. The standard InChI is InChI=1S/C24H28N4O5S/c1-2-32-20-11-9-18(10-12-20)24-26-23(33-27-24)14-13-22(29)25-19-7-6-8-21(17-19)34(30,31)28-15-4-3-5-16-28/h6-12,17H,2-5,13-16H2,1H3,(H,25,29). The number of benzene rings is 2. The predicted octanol–water partition coefficient (Wildman–Crippen LogP) is 3.88. The zero-order valence-electron chi connectivity index (χ0n) is 19.1. The van der Waals surface area contributed by atoms with Crippen molar-refractivity contribution in [3.63, 3.8) is 0 Å². The summed E-state index contributed by atoms with van der Waals surface area (Å²) in [7, 11) is -3.56. The minimum atomic E-state index is -3.56. The maximum Gasteiger partial charge on any atom is 0.243 e. The number of anilines is 1. The molecule has 2 heterocycles. The van der Waals surface area contributed by atoms with Gasteiger partial charge in [0.1, 0.15) is 5.75 Å². The highest BCUT2D eigenvalue weighted by Gasteiger charge is 2.26. The molecular formula is C24H28N4O5S. The van der Waals surface area contributed by atoms with Crippen LogP contribution in [0.1, 0.15) is 38.5 Å². The largest absolute Gasteiger partial charge is 0.494 e. The van der Waals surface area contributed by atoms with Gasteiger partial charge in [0, 0.05) is 37.2 Å². The van der Waals surface area contributed by atoms with Crippen molar-refractivity contribution < 1.29 is 22.5 Å². The van der Waals surface area contributed by atoms with Crippen molar-refractivity contribution in [1.82, 2.24) is 14.4 Å². The maximum atomic E-state index is 12.9. The Morgan fingerprint density at radius 1 is 1.12 bits per heavy atom. The van der Waals surface area contributed by atoms with Crippen LogP contribution in [0.5, 0.6) is 5.75 Å². The zero-order valence-corrected chi connectivity index (χ0v) is 19.9. The van der Waals surface area contributed by atoms with E-state index in [4.69, 9.17) is 9.26 Å². The van der Waals surface area contributed by atoms with Crippen LogP contribution in [-0.4, -0.2) is 48.5 Å². The number of rotatable bonds is 9. The number of ether oxygens (including phenoxy) is 1. The molecule has 4 rings (SSSR count). The van der Waals surface area contributed by atoms with Crippen molar-refractivity contribution >= 4 is 21.6 Å². The van der Waals surface area contributed by atoms with Gasteiger partial charge in [0.2, 0.25) is 27.6 Å². The molecule has 9 nitrogen and oxygen atoms in total. The second-order valence-electron chi connectivity index (χ2n) is 8.01. The number of piperidine rings is 1. The fraction of sp³-hybridized carbons (Fsp3) is 0.375. The Kier molecular flexibility index (Phi) is 7.59. The summed E-state index contributed by atoms with van der Waals surface area (Å²) in [6.07, 6.45) is 3.16. The number of sulfonamides is 1. The van der Waals surface area contributed by atoms with Crippen molar-refractivity contribution in [1.29, 1.82) is 0 Å². The molecule has 0 atom stereocenters. The van der Waals surface area contributed by atoms with Crippen LogP contribution in [0.2, 0.25) is 0 Å². The molecule has 3 aromatic rings. The van der Waals surface area contributed by atoms with Crippen molar-refractivity contribution in [3.8, 4) is 17.1 Å². The van der Waals surface area contributed by atoms with Crippen molar-refractivity contribution in [2.75, 3.05) is 25.0 Å². The summed E-state index contributed by atoms with van der Waals surface area (Å²) in [5, 5.41) is 6.74. The van der Waals surface area contributed by atoms with E-state index in [0.717, 1.165) is 30.6 Å². The van der Waals surface area contributed by atoms with E-state index >= 15 is 0 Å². The Morgan fingerprint density at radius 3 is 2.62 bits per heavy atom. The Hall–Kier alpha value is -3.24. The first-order valence-electron chi connectivity index (χ1n) is 11.4. The third-order valence-electron chi connectivity index (χ3n) is 5.53. The van der Waals surface area contributed by atoms with Crippen LogP contribution in [0, 0.1) is 0 Å². The van der Waals surface area contributed by atoms with E-state index in [-0.39, 0.29) is 23.6 Å². The summed E-state index contributed by atoms with van der Waals surface area (Å²) in [6, 6.07) is 13.7.